The quantitative estimate of drug-likeness (QED) is 0.837. The molecule has 122 valence electrons. The molecular formula is C18H15ClN2O3. The Balaban J connectivity index is 1.71. The number of anilines is 1. The Hall–Kier alpha value is -2.63. The largest absolute Gasteiger partial charge is 0.488 e. The Morgan fingerprint density at radius 3 is 3.12 bits per heavy atom. The molecule has 2 aromatic rings. The molecule has 24 heavy (non-hydrogen) atoms. The van der Waals surface area contributed by atoms with E-state index in [1.165, 1.54) is 12.3 Å². The smallest absolute Gasteiger partial charge is 0.248 e. The third-order valence-corrected chi connectivity index (χ3v) is 3.73. The van der Waals surface area contributed by atoms with Crippen molar-refractivity contribution in [1.29, 1.82) is 0 Å². The fraction of sp³-hybridized carbons (Fsp3) is 0.111. The molecule has 1 amide bonds. The lowest BCUT2D eigenvalue weighted by Crippen LogP contribution is -2.11. The number of rotatable bonds is 4. The van der Waals surface area contributed by atoms with Gasteiger partial charge in [-0.2, -0.15) is 0 Å². The molecule has 1 aliphatic rings. The first-order chi connectivity index (χ1) is 11.7. The summed E-state index contributed by atoms with van der Waals surface area (Å²) < 4.78 is 5.63. The van der Waals surface area contributed by atoms with Crippen LogP contribution in [-0.4, -0.2) is 22.6 Å². The number of fused-ring (bicyclic) bond motifs is 1. The van der Waals surface area contributed by atoms with Gasteiger partial charge in [0.15, 0.2) is 0 Å². The highest BCUT2D eigenvalue weighted by atomic mass is 35.5. The highest BCUT2D eigenvalue weighted by molar-refractivity contribution is 6.30. The molecule has 2 N–H and O–H groups in total. The van der Waals surface area contributed by atoms with Crippen molar-refractivity contribution in [3.8, 4) is 5.75 Å². The molecule has 0 saturated heterocycles. The number of aliphatic hydroxyl groups excluding tert-OH is 1. The van der Waals surface area contributed by atoms with E-state index in [0.29, 0.717) is 22.9 Å². The fourth-order valence-corrected chi connectivity index (χ4v) is 2.47. The summed E-state index contributed by atoms with van der Waals surface area (Å²) >= 11 is 5.98. The SMILES string of the molecule is O=C(/C=C/C1=Cc2cc(Cl)ccc2OC1)Nc1cnccc1CO. The number of ether oxygens (including phenoxy) is 1. The number of carbonyl (C=O) groups is 1. The summed E-state index contributed by atoms with van der Waals surface area (Å²) in [6.45, 7) is 0.214. The Morgan fingerprint density at radius 1 is 1.42 bits per heavy atom. The van der Waals surface area contributed by atoms with Crippen LogP contribution in [0.15, 0.2) is 54.4 Å². The maximum Gasteiger partial charge on any atom is 0.248 e. The van der Waals surface area contributed by atoms with E-state index in [0.717, 1.165) is 16.9 Å². The number of benzene rings is 1. The lowest BCUT2D eigenvalue weighted by atomic mass is 10.1. The minimum atomic E-state index is -0.310. The van der Waals surface area contributed by atoms with Gasteiger partial charge in [-0.3, -0.25) is 9.78 Å². The predicted octanol–water partition coefficient (Wildman–Crippen LogP) is 3.20. The molecule has 0 atom stereocenters. The van der Waals surface area contributed by atoms with Gasteiger partial charge >= 0.3 is 0 Å². The van der Waals surface area contributed by atoms with Crippen molar-refractivity contribution in [1.82, 2.24) is 4.98 Å². The normalized spacial score (nSPS) is 13.2. The van der Waals surface area contributed by atoms with E-state index in [9.17, 15) is 9.90 Å². The Bertz CT molecular complexity index is 831. The summed E-state index contributed by atoms with van der Waals surface area (Å²) in [4.78, 5) is 16.0. The number of pyridine rings is 1. The molecule has 0 spiro atoms. The first-order valence-electron chi connectivity index (χ1n) is 7.31. The van der Waals surface area contributed by atoms with E-state index >= 15 is 0 Å². The molecule has 6 heteroatoms. The molecule has 0 saturated carbocycles. The van der Waals surface area contributed by atoms with Crippen molar-refractivity contribution in [3.05, 3.63) is 70.5 Å². The number of hydrogen-bond donors (Lipinski definition) is 2. The number of aliphatic hydroxyl groups is 1. The Morgan fingerprint density at radius 2 is 2.29 bits per heavy atom. The van der Waals surface area contributed by atoms with Crippen molar-refractivity contribution in [2.75, 3.05) is 11.9 Å². The second kappa shape index (κ2) is 7.29. The van der Waals surface area contributed by atoms with Crippen molar-refractivity contribution in [2.24, 2.45) is 0 Å². The van der Waals surface area contributed by atoms with E-state index in [1.54, 1.807) is 24.4 Å². The van der Waals surface area contributed by atoms with Crippen LogP contribution in [0.1, 0.15) is 11.1 Å². The van der Waals surface area contributed by atoms with Gasteiger partial charge in [-0.15, -0.1) is 0 Å². The zero-order valence-electron chi connectivity index (χ0n) is 12.7. The molecule has 5 nitrogen and oxygen atoms in total. The molecular weight excluding hydrogens is 328 g/mol. The minimum Gasteiger partial charge on any atom is -0.488 e. The van der Waals surface area contributed by atoms with Crippen molar-refractivity contribution >= 4 is 29.3 Å². The summed E-state index contributed by atoms with van der Waals surface area (Å²) in [5.74, 6) is 0.458. The lowest BCUT2D eigenvalue weighted by molar-refractivity contribution is -0.111. The van der Waals surface area contributed by atoms with Crippen LogP contribution in [0.4, 0.5) is 5.69 Å². The van der Waals surface area contributed by atoms with Crippen molar-refractivity contribution in [3.63, 3.8) is 0 Å². The van der Waals surface area contributed by atoms with E-state index in [2.05, 4.69) is 10.3 Å². The molecule has 1 aromatic heterocycles. The molecule has 0 fully saturated rings. The molecule has 0 aliphatic carbocycles. The second-order valence-corrected chi connectivity index (χ2v) is 5.64. The van der Waals surface area contributed by atoms with Crippen LogP contribution in [0.2, 0.25) is 5.02 Å². The highest BCUT2D eigenvalue weighted by Gasteiger charge is 2.10. The van der Waals surface area contributed by atoms with Gasteiger partial charge in [-0.05, 0) is 35.9 Å². The number of aromatic nitrogens is 1. The van der Waals surface area contributed by atoms with E-state index in [4.69, 9.17) is 16.3 Å². The summed E-state index contributed by atoms with van der Waals surface area (Å²) in [6, 6.07) is 7.06. The predicted molar refractivity (Wildman–Crippen MR) is 92.9 cm³/mol. The average Bonchev–Trinajstić information content (AvgIpc) is 2.60. The number of halogens is 1. The summed E-state index contributed by atoms with van der Waals surface area (Å²) in [5, 5.41) is 12.6. The third-order valence-electron chi connectivity index (χ3n) is 3.50. The molecule has 3 rings (SSSR count). The molecule has 2 heterocycles. The van der Waals surface area contributed by atoms with Crippen LogP contribution in [0.25, 0.3) is 6.08 Å². The summed E-state index contributed by atoms with van der Waals surface area (Å²) in [6.07, 6.45) is 8.09. The Labute approximate surface area is 144 Å². The maximum atomic E-state index is 12.0. The maximum absolute atomic E-state index is 12.0. The molecule has 1 aliphatic heterocycles. The first kappa shape index (κ1) is 16.2. The van der Waals surface area contributed by atoms with Crippen LogP contribution < -0.4 is 10.1 Å². The van der Waals surface area contributed by atoms with Gasteiger partial charge in [0, 0.05) is 28.4 Å². The van der Waals surface area contributed by atoms with E-state index in [1.807, 2.05) is 18.2 Å². The zero-order valence-corrected chi connectivity index (χ0v) is 13.5. The van der Waals surface area contributed by atoms with Gasteiger partial charge in [0.05, 0.1) is 18.5 Å². The van der Waals surface area contributed by atoms with Crippen molar-refractivity contribution < 1.29 is 14.6 Å². The first-order valence-corrected chi connectivity index (χ1v) is 7.69. The number of carbonyl (C=O) groups excluding carboxylic acids is 1. The minimum absolute atomic E-state index is 0.168. The lowest BCUT2D eigenvalue weighted by Gasteiger charge is -2.16. The molecule has 0 radical (unpaired) electrons. The summed E-state index contributed by atoms with van der Waals surface area (Å²) in [5.41, 5.74) is 2.83. The van der Waals surface area contributed by atoms with Crippen LogP contribution in [0, 0.1) is 0 Å². The van der Waals surface area contributed by atoms with Gasteiger partial charge in [0.2, 0.25) is 5.91 Å². The standard InChI is InChI=1S/C18H15ClN2O3/c19-15-2-3-17-14(8-15)7-12(11-24-17)1-4-18(23)21-16-9-20-6-5-13(16)10-22/h1-9,22H,10-11H2,(H,21,23)/b4-1+. The molecule has 0 unspecified atom stereocenters. The van der Waals surface area contributed by atoms with Gasteiger partial charge in [0.1, 0.15) is 12.4 Å². The van der Waals surface area contributed by atoms with Gasteiger partial charge in [0.25, 0.3) is 0 Å². The number of amides is 1. The van der Waals surface area contributed by atoms with Crippen LogP contribution in [0.5, 0.6) is 5.75 Å². The monoisotopic (exact) mass is 342 g/mol. The van der Waals surface area contributed by atoms with E-state index in [-0.39, 0.29) is 12.5 Å². The van der Waals surface area contributed by atoms with Crippen LogP contribution >= 0.6 is 11.6 Å². The number of hydrogen-bond acceptors (Lipinski definition) is 4. The Kier molecular flexibility index (Phi) is 4.93. The van der Waals surface area contributed by atoms with Gasteiger partial charge < -0.3 is 15.2 Å². The van der Waals surface area contributed by atoms with Crippen LogP contribution in [0.3, 0.4) is 0 Å². The second-order valence-electron chi connectivity index (χ2n) is 5.20. The highest BCUT2D eigenvalue weighted by Crippen LogP contribution is 2.29. The van der Waals surface area contributed by atoms with Crippen molar-refractivity contribution in [2.45, 2.75) is 6.61 Å². The van der Waals surface area contributed by atoms with Gasteiger partial charge in [-0.1, -0.05) is 17.7 Å². The number of nitrogens with one attached hydrogen (secondary N) is 1. The fourth-order valence-electron chi connectivity index (χ4n) is 2.29. The van der Waals surface area contributed by atoms with Gasteiger partial charge in [-0.25, -0.2) is 0 Å². The summed E-state index contributed by atoms with van der Waals surface area (Å²) in [7, 11) is 0. The number of nitrogens with zero attached hydrogens (tertiary/aromatic N) is 1. The third kappa shape index (κ3) is 3.82. The molecule has 1 aromatic carbocycles. The zero-order chi connectivity index (χ0) is 16.9. The van der Waals surface area contributed by atoms with Crippen LogP contribution in [-0.2, 0) is 11.4 Å². The average molecular weight is 343 g/mol. The molecule has 0 bridgehead atoms. The topological polar surface area (TPSA) is 71.5 Å². The van der Waals surface area contributed by atoms with E-state index < -0.39 is 0 Å².